The maximum absolute atomic E-state index is 12.5. The molecule has 1 aliphatic rings. The smallest absolute Gasteiger partial charge is 0.248 e. The molecule has 0 spiro atoms. The number of Topliss-reactive ketones (excluding diaryl/α,β-unsaturated/α-hetero) is 1. The fourth-order valence-corrected chi connectivity index (χ4v) is 3.57. The molecule has 0 saturated carbocycles. The van der Waals surface area contributed by atoms with Crippen LogP contribution in [0.1, 0.15) is 39.3 Å². The average Bonchev–Trinajstić information content (AvgIpc) is 2.90. The van der Waals surface area contributed by atoms with Gasteiger partial charge in [-0.25, -0.2) is 0 Å². The Morgan fingerprint density at radius 3 is 2.62 bits per heavy atom. The molecule has 0 aliphatic heterocycles. The lowest BCUT2D eigenvalue weighted by molar-refractivity contribution is 0.0971. The van der Waals surface area contributed by atoms with Gasteiger partial charge in [-0.1, -0.05) is 18.2 Å². The first-order valence-corrected chi connectivity index (χ1v) is 7.93. The first-order valence-electron chi connectivity index (χ1n) is 7.93. The molecule has 0 fully saturated rings. The summed E-state index contributed by atoms with van der Waals surface area (Å²) in [6, 6.07) is 12.9. The number of hydrogen-bond acceptors (Lipinski definition) is 3. The number of nitrogen functional groups attached to an aromatic ring is 1. The number of amides is 1. The summed E-state index contributed by atoms with van der Waals surface area (Å²) in [6.07, 6.45) is 2.24. The Morgan fingerprint density at radius 1 is 1.08 bits per heavy atom. The number of carbonyl (C=O) groups excluding carboxylic acids is 2. The van der Waals surface area contributed by atoms with E-state index in [1.807, 2.05) is 28.8 Å². The van der Waals surface area contributed by atoms with E-state index in [0.717, 1.165) is 40.7 Å². The number of anilines is 1. The van der Waals surface area contributed by atoms with Crippen molar-refractivity contribution in [3.63, 3.8) is 0 Å². The number of para-hydroxylation sites is 1. The predicted octanol–water partition coefficient (Wildman–Crippen LogP) is 2.83. The summed E-state index contributed by atoms with van der Waals surface area (Å²) in [5, 5.41) is 0.954. The number of fused-ring (bicyclic) bond motifs is 3. The van der Waals surface area contributed by atoms with Crippen molar-refractivity contribution in [3.05, 3.63) is 59.3 Å². The topological polar surface area (TPSA) is 91.1 Å². The highest BCUT2D eigenvalue weighted by molar-refractivity contribution is 6.11. The Kier molecular flexibility index (Phi) is 3.16. The van der Waals surface area contributed by atoms with Crippen molar-refractivity contribution in [1.82, 2.24) is 4.57 Å². The van der Waals surface area contributed by atoms with Crippen LogP contribution in [0.15, 0.2) is 42.5 Å². The zero-order valence-electron chi connectivity index (χ0n) is 13.1. The first kappa shape index (κ1) is 14.5. The van der Waals surface area contributed by atoms with Gasteiger partial charge in [-0.2, -0.15) is 0 Å². The number of hydrogen-bond donors (Lipinski definition) is 2. The van der Waals surface area contributed by atoms with Crippen LogP contribution < -0.4 is 11.5 Å². The van der Waals surface area contributed by atoms with E-state index in [4.69, 9.17) is 11.5 Å². The van der Waals surface area contributed by atoms with Gasteiger partial charge in [0.15, 0.2) is 5.78 Å². The average molecular weight is 319 g/mol. The van der Waals surface area contributed by atoms with E-state index in [1.54, 1.807) is 18.2 Å². The number of nitrogens with two attached hydrogens (primary N) is 2. The van der Waals surface area contributed by atoms with Gasteiger partial charge in [-0.3, -0.25) is 9.59 Å². The summed E-state index contributed by atoms with van der Waals surface area (Å²) in [6.45, 7) is 0. The van der Waals surface area contributed by atoms with Crippen molar-refractivity contribution < 1.29 is 9.59 Å². The highest BCUT2D eigenvalue weighted by Crippen LogP contribution is 2.36. The van der Waals surface area contributed by atoms with Crippen molar-refractivity contribution in [2.24, 2.45) is 5.73 Å². The van der Waals surface area contributed by atoms with Gasteiger partial charge >= 0.3 is 0 Å². The van der Waals surface area contributed by atoms with Gasteiger partial charge in [0.05, 0.1) is 16.9 Å². The molecule has 5 nitrogen and oxygen atoms in total. The number of carbonyl (C=O) groups is 2. The van der Waals surface area contributed by atoms with E-state index in [1.165, 1.54) is 0 Å². The molecule has 3 aromatic rings. The minimum Gasteiger partial charge on any atom is -0.397 e. The fourth-order valence-electron chi connectivity index (χ4n) is 3.57. The van der Waals surface area contributed by atoms with Crippen LogP contribution in [0.4, 0.5) is 5.69 Å². The zero-order chi connectivity index (χ0) is 16.8. The molecule has 120 valence electrons. The van der Waals surface area contributed by atoms with Crippen molar-refractivity contribution in [1.29, 1.82) is 0 Å². The second kappa shape index (κ2) is 5.23. The normalized spacial score (nSPS) is 13.9. The molecule has 1 amide bonds. The summed E-state index contributed by atoms with van der Waals surface area (Å²) in [5.74, 6) is -0.332. The van der Waals surface area contributed by atoms with E-state index in [9.17, 15) is 9.59 Å². The molecule has 4 rings (SSSR count). The van der Waals surface area contributed by atoms with E-state index in [-0.39, 0.29) is 5.78 Å². The zero-order valence-corrected chi connectivity index (χ0v) is 13.1. The predicted molar refractivity (Wildman–Crippen MR) is 93.5 cm³/mol. The number of benzene rings is 2. The third-order valence-corrected chi connectivity index (χ3v) is 4.62. The summed E-state index contributed by atoms with van der Waals surface area (Å²) < 4.78 is 2.04. The molecule has 24 heavy (non-hydrogen) atoms. The van der Waals surface area contributed by atoms with Gasteiger partial charge in [0, 0.05) is 28.6 Å². The summed E-state index contributed by atoms with van der Waals surface area (Å²) in [4.78, 5) is 23.8. The lowest BCUT2D eigenvalue weighted by atomic mass is 9.94. The molecule has 0 unspecified atom stereocenters. The van der Waals surface area contributed by atoms with Gasteiger partial charge in [0.2, 0.25) is 5.91 Å². The molecule has 2 aromatic carbocycles. The molecule has 1 aromatic heterocycles. The second-order valence-corrected chi connectivity index (χ2v) is 6.09. The van der Waals surface area contributed by atoms with E-state index in [0.29, 0.717) is 17.7 Å². The Balaban J connectivity index is 2.04. The van der Waals surface area contributed by atoms with Gasteiger partial charge in [-0.05, 0) is 37.1 Å². The van der Waals surface area contributed by atoms with Crippen molar-refractivity contribution in [3.8, 4) is 5.69 Å². The van der Waals surface area contributed by atoms with Crippen LogP contribution in [-0.4, -0.2) is 16.3 Å². The van der Waals surface area contributed by atoms with E-state index < -0.39 is 5.91 Å². The number of nitrogens with zero attached hydrogens (tertiary/aromatic N) is 1. The van der Waals surface area contributed by atoms with Gasteiger partial charge in [0.25, 0.3) is 0 Å². The van der Waals surface area contributed by atoms with Gasteiger partial charge in [0.1, 0.15) is 0 Å². The molecular formula is C19H17N3O2. The van der Waals surface area contributed by atoms with Crippen LogP contribution in [0.2, 0.25) is 0 Å². The standard InChI is InChI=1S/C19H17N3O2/c20-13-10-11(19(21)24)8-9-15(13)22-14-5-2-1-4-12(14)18-16(22)6-3-7-17(18)23/h1-2,4-5,8-10H,3,6-7,20H2,(H2,21,24). The highest BCUT2D eigenvalue weighted by atomic mass is 16.1. The van der Waals surface area contributed by atoms with Crippen LogP contribution in [-0.2, 0) is 6.42 Å². The van der Waals surface area contributed by atoms with Crippen LogP contribution >= 0.6 is 0 Å². The SMILES string of the molecule is NC(=O)c1ccc(-n2c3c(c4ccccc42)C(=O)CCC3)c(N)c1. The highest BCUT2D eigenvalue weighted by Gasteiger charge is 2.26. The van der Waals surface area contributed by atoms with Crippen molar-refractivity contribution in [2.45, 2.75) is 19.3 Å². The quantitative estimate of drug-likeness (QED) is 0.712. The summed E-state index contributed by atoms with van der Waals surface area (Å²) in [7, 11) is 0. The lowest BCUT2D eigenvalue weighted by Gasteiger charge is -2.17. The lowest BCUT2D eigenvalue weighted by Crippen LogP contribution is -2.14. The fraction of sp³-hybridized carbons (Fsp3) is 0.158. The summed E-state index contributed by atoms with van der Waals surface area (Å²) >= 11 is 0. The first-order chi connectivity index (χ1) is 11.6. The molecule has 4 N–H and O–H groups in total. The maximum Gasteiger partial charge on any atom is 0.248 e. The van der Waals surface area contributed by atoms with Gasteiger partial charge < -0.3 is 16.0 Å². The third-order valence-electron chi connectivity index (χ3n) is 4.62. The van der Waals surface area contributed by atoms with Crippen LogP contribution in [0.25, 0.3) is 16.6 Å². The van der Waals surface area contributed by atoms with E-state index in [2.05, 4.69) is 0 Å². The van der Waals surface area contributed by atoms with Crippen LogP contribution in [0.3, 0.4) is 0 Å². The number of primary amides is 1. The Morgan fingerprint density at radius 2 is 1.88 bits per heavy atom. The van der Waals surface area contributed by atoms with Crippen LogP contribution in [0.5, 0.6) is 0 Å². The molecule has 0 saturated heterocycles. The molecule has 1 heterocycles. The molecule has 0 atom stereocenters. The molecule has 5 heteroatoms. The van der Waals surface area contributed by atoms with Gasteiger partial charge in [-0.15, -0.1) is 0 Å². The maximum atomic E-state index is 12.5. The molecule has 0 radical (unpaired) electrons. The minimum atomic E-state index is -0.511. The number of ketones is 1. The minimum absolute atomic E-state index is 0.179. The number of aromatic nitrogens is 1. The molecular weight excluding hydrogens is 302 g/mol. The van der Waals surface area contributed by atoms with Crippen LogP contribution in [0, 0.1) is 0 Å². The Labute approximate surface area is 138 Å². The second-order valence-electron chi connectivity index (χ2n) is 6.09. The summed E-state index contributed by atoms with van der Waals surface area (Å²) in [5.41, 5.74) is 15.9. The Bertz CT molecular complexity index is 1000. The molecule has 0 bridgehead atoms. The monoisotopic (exact) mass is 319 g/mol. The Hall–Kier alpha value is -3.08. The number of rotatable bonds is 2. The largest absolute Gasteiger partial charge is 0.397 e. The van der Waals surface area contributed by atoms with Crippen molar-refractivity contribution >= 4 is 28.3 Å². The third kappa shape index (κ3) is 2.01. The van der Waals surface area contributed by atoms with E-state index >= 15 is 0 Å². The van der Waals surface area contributed by atoms with Crippen molar-refractivity contribution in [2.75, 3.05) is 5.73 Å². The molecule has 1 aliphatic carbocycles.